The highest BCUT2D eigenvalue weighted by atomic mass is 79.9. The monoisotopic (exact) mass is 341 g/mol. The van der Waals surface area contributed by atoms with E-state index in [-0.39, 0.29) is 12.4 Å². The number of halogens is 1. The molecule has 0 atom stereocenters. The molecule has 3 aromatic rings. The molecule has 0 radical (unpaired) electrons. The standard InChI is InChI=1S/C17H12BrNO2/c18-13-5-1-4-12(10-13)16(20)11-21-17-8-2-7-15-14(17)6-3-9-19-15/h1-10H,11H2. The zero-order valence-electron chi connectivity index (χ0n) is 11.1. The summed E-state index contributed by atoms with van der Waals surface area (Å²) in [4.78, 5) is 16.4. The second-order valence-corrected chi connectivity index (χ2v) is 5.46. The van der Waals surface area contributed by atoms with Crippen LogP contribution in [0.2, 0.25) is 0 Å². The lowest BCUT2D eigenvalue weighted by Crippen LogP contribution is -2.11. The Kier molecular flexibility index (Phi) is 3.97. The molecule has 4 heteroatoms. The summed E-state index contributed by atoms with van der Waals surface area (Å²) in [6, 6.07) is 16.7. The predicted molar refractivity (Wildman–Crippen MR) is 85.7 cm³/mol. The fraction of sp³-hybridized carbons (Fsp3) is 0.0588. The molecular weight excluding hydrogens is 330 g/mol. The number of carbonyl (C=O) groups excluding carboxylic acids is 1. The molecule has 2 aromatic carbocycles. The number of Topliss-reactive ketones (excluding diaryl/α,β-unsaturated/α-hetero) is 1. The quantitative estimate of drug-likeness (QED) is 0.665. The summed E-state index contributed by atoms with van der Waals surface area (Å²) in [5, 5.41) is 0.905. The van der Waals surface area contributed by atoms with Gasteiger partial charge in [-0.3, -0.25) is 9.78 Å². The third-order valence-corrected chi connectivity index (χ3v) is 3.60. The Morgan fingerprint density at radius 1 is 1.10 bits per heavy atom. The first-order valence-electron chi connectivity index (χ1n) is 6.49. The average molecular weight is 342 g/mol. The number of fused-ring (bicyclic) bond motifs is 1. The van der Waals surface area contributed by atoms with Gasteiger partial charge in [0.05, 0.1) is 5.52 Å². The van der Waals surface area contributed by atoms with Crippen molar-refractivity contribution in [3.63, 3.8) is 0 Å². The number of nitrogens with zero attached hydrogens (tertiary/aromatic N) is 1. The number of ether oxygens (including phenoxy) is 1. The van der Waals surface area contributed by atoms with Gasteiger partial charge in [-0.25, -0.2) is 0 Å². The number of rotatable bonds is 4. The third kappa shape index (κ3) is 3.11. The largest absolute Gasteiger partial charge is 0.485 e. The minimum Gasteiger partial charge on any atom is -0.485 e. The molecule has 0 saturated carbocycles. The summed E-state index contributed by atoms with van der Waals surface area (Å²) in [7, 11) is 0. The fourth-order valence-corrected chi connectivity index (χ4v) is 2.49. The summed E-state index contributed by atoms with van der Waals surface area (Å²) < 4.78 is 6.55. The minimum atomic E-state index is -0.0582. The first-order valence-corrected chi connectivity index (χ1v) is 7.28. The minimum absolute atomic E-state index is 0.00443. The number of aromatic nitrogens is 1. The van der Waals surface area contributed by atoms with Crippen molar-refractivity contribution in [3.8, 4) is 5.75 Å². The molecule has 21 heavy (non-hydrogen) atoms. The summed E-state index contributed by atoms with van der Waals surface area (Å²) in [6.07, 6.45) is 1.73. The van der Waals surface area contributed by atoms with Gasteiger partial charge in [0.2, 0.25) is 0 Å². The number of ketones is 1. The van der Waals surface area contributed by atoms with E-state index in [1.807, 2.05) is 42.5 Å². The molecule has 0 fully saturated rings. The fourth-order valence-electron chi connectivity index (χ4n) is 2.09. The molecule has 1 heterocycles. The van der Waals surface area contributed by atoms with Crippen LogP contribution in [0.5, 0.6) is 5.75 Å². The van der Waals surface area contributed by atoms with Crippen LogP contribution in [0, 0.1) is 0 Å². The van der Waals surface area contributed by atoms with Crippen molar-refractivity contribution in [2.24, 2.45) is 0 Å². The Morgan fingerprint density at radius 2 is 1.95 bits per heavy atom. The van der Waals surface area contributed by atoms with Crippen LogP contribution in [-0.4, -0.2) is 17.4 Å². The van der Waals surface area contributed by atoms with Crippen LogP contribution in [0.4, 0.5) is 0 Å². The number of benzene rings is 2. The van der Waals surface area contributed by atoms with Crippen molar-refractivity contribution < 1.29 is 9.53 Å². The van der Waals surface area contributed by atoms with E-state index in [1.165, 1.54) is 0 Å². The van der Waals surface area contributed by atoms with E-state index in [0.29, 0.717) is 11.3 Å². The lowest BCUT2D eigenvalue weighted by molar-refractivity contribution is 0.0922. The maximum Gasteiger partial charge on any atom is 0.200 e. The van der Waals surface area contributed by atoms with Crippen LogP contribution >= 0.6 is 15.9 Å². The number of carbonyl (C=O) groups is 1. The number of pyridine rings is 1. The Morgan fingerprint density at radius 3 is 2.81 bits per heavy atom. The highest BCUT2D eigenvalue weighted by molar-refractivity contribution is 9.10. The van der Waals surface area contributed by atoms with E-state index in [9.17, 15) is 4.79 Å². The van der Waals surface area contributed by atoms with Gasteiger partial charge in [0.15, 0.2) is 12.4 Å². The van der Waals surface area contributed by atoms with Gasteiger partial charge in [-0.1, -0.05) is 34.1 Å². The second kappa shape index (κ2) is 6.06. The summed E-state index contributed by atoms with van der Waals surface area (Å²) in [5.74, 6) is 0.612. The SMILES string of the molecule is O=C(COc1cccc2ncccc12)c1cccc(Br)c1. The number of hydrogen-bond donors (Lipinski definition) is 0. The second-order valence-electron chi connectivity index (χ2n) is 4.55. The van der Waals surface area contributed by atoms with Crippen LogP contribution in [0.3, 0.4) is 0 Å². The molecule has 0 aliphatic rings. The first kappa shape index (κ1) is 13.8. The molecular formula is C17H12BrNO2. The van der Waals surface area contributed by atoms with Crippen LogP contribution in [0.15, 0.2) is 65.3 Å². The van der Waals surface area contributed by atoms with E-state index in [2.05, 4.69) is 20.9 Å². The van der Waals surface area contributed by atoms with Gasteiger partial charge in [-0.05, 0) is 36.4 Å². The molecule has 0 amide bonds. The van der Waals surface area contributed by atoms with Crippen molar-refractivity contribution in [1.29, 1.82) is 0 Å². The zero-order valence-corrected chi connectivity index (χ0v) is 12.7. The van der Waals surface area contributed by atoms with Gasteiger partial charge >= 0.3 is 0 Å². The van der Waals surface area contributed by atoms with E-state index < -0.39 is 0 Å². The van der Waals surface area contributed by atoms with Gasteiger partial charge < -0.3 is 4.74 Å². The topological polar surface area (TPSA) is 39.2 Å². The van der Waals surface area contributed by atoms with Crippen molar-refractivity contribution >= 4 is 32.6 Å². The summed E-state index contributed by atoms with van der Waals surface area (Å²) >= 11 is 3.36. The van der Waals surface area contributed by atoms with Crippen LogP contribution in [0.1, 0.15) is 10.4 Å². The molecule has 0 unspecified atom stereocenters. The predicted octanol–water partition coefficient (Wildman–Crippen LogP) is 4.26. The summed E-state index contributed by atoms with van der Waals surface area (Å²) in [5.41, 5.74) is 1.48. The molecule has 0 N–H and O–H groups in total. The van der Waals surface area contributed by atoms with Gasteiger partial charge in [-0.2, -0.15) is 0 Å². The molecule has 1 aromatic heterocycles. The van der Waals surface area contributed by atoms with E-state index >= 15 is 0 Å². The van der Waals surface area contributed by atoms with Gasteiger partial charge in [0.1, 0.15) is 5.75 Å². The van der Waals surface area contributed by atoms with E-state index in [1.54, 1.807) is 18.3 Å². The smallest absolute Gasteiger partial charge is 0.200 e. The third-order valence-electron chi connectivity index (χ3n) is 3.11. The maximum atomic E-state index is 12.1. The molecule has 0 spiro atoms. The Bertz CT molecular complexity index is 796. The summed E-state index contributed by atoms with van der Waals surface area (Å²) in [6.45, 7) is 0.00443. The van der Waals surface area contributed by atoms with E-state index in [4.69, 9.17) is 4.74 Å². The van der Waals surface area contributed by atoms with Crippen LogP contribution in [0.25, 0.3) is 10.9 Å². The highest BCUT2D eigenvalue weighted by Gasteiger charge is 2.09. The van der Waals surface area contributed by atoms with Crippen LogP contribution < -0.4 is 4.74 Å². The molecule has 0 aliphatic heterocycles. The van der Waals surface area contributed by atoms with Crippen LogP contribution in [-0.2, 0) is 0 Å². The van der Waals surface area contributed by atoms with Gasteiger partial charge in [-0.15, -0.1) is 0 Å². The van der Waals surface area contributed by atoms with Gasteiger partial charge in [0, 0.05) is 21.6 Å². The average Bonchev–Trinajstić information content (AvgIpc) is 2.52. The van der Waals surface area contributed by atoms with Crippen molar-refractivity contribution in [2.75, 3.05) is 6.61 Å². The Balaban J connectivity index is 1.79. The molecule has 0 saturated heterocycles. The lowest BCUT2D eigenvalue weighted by atomic mass is 10.1. The normalized spacial score (nSPS) is 10.5. The van der Waals surface area contributed by atoms with Crippen molar-refractivity contribution in [1.82, 2.24) is 4.98 Å². The molecule has 0 aliphatic carbocycles. The molecule has 0 bridgehead atoms. The maximum absolute atomic E-state index is 12.1. The van der Waals surface area contributed by atoms with Crippen molar-refractivity contribution in [3.05, 3.63) is 70.8 Å². The molecule has 104 valence electrons. The highest BCUT2D eigenvalue weighted by Crippen LogP contribution is 2.23. The lowest BCUT2D eigenvalue weighted by Gasteiger charge is -2.08. The van der Waals surface area contributed by atoms with E-state index in [0.717, 1.165) is 15.4 Å². The molecule has 3 nitrogen and oxygen atoms in total. The van der Waals surface area contributed by atoms with Crippen molar-refractivity contribution in [2.45, 2.75) is 0 Å². The molecule has 3 rings (SSSR count). The zero-order chi connectivity index (χ0) is 14.7. The Labute approximate surface area is 130 Å². The Hall–Kier alpha value is -2.20. The van der Waals surface area contributed by atoms with Gasteiger partial charge in [0.25, 0.3) is 0 Å². The number of hydrogen-bond acceptors (Lipinski definition) is 3. The first-order chi connectivity index (χ1) is 10.2.